The van der Waals surface area contributed by atoms with Gasteiger partial charge in [-0.2, -0.15) is 13.2 Å². The highest BCUT2D eigenvalue weighted by Gasteiger charge is 2.40. The van der Waals surface area contributed by atoms with E-state index in [4.69, 9.17) is 4.99 Å². The fourth-order valence-corrected chi connectivity index (χ4v) is 4.24. The highest BCUT2D eigenvalue weighted by Crippen LogP contribution is 2.45. The minimum Gasteiger partial charge on any atom is -0.357 e. The number of carbonyl (C=O) groups excluding carboxylic acids is 1. The highest BCUT2D eigenvalue weighted by molar-refractivity contribution is 5.80. The Morgan fingerprint density at radius 2 is 2.07 bits per heavy atom. The molecule has 0 spiro atoms. The molecule has 1 aromatic rings. The Hall–Kier alpha value is -2.25. The van der Waals surface area contributed by atoms with Crippen molar-refractivity contribution in [3.05, 3.63) is 35.4 Å². The largest absolute Gasteiger partial charge is 0.416 e. The molecule has 2 aliphatic rings. The van der Waals surface area contributed by atoms with E-state index < -0.39 is 11.7 Å². The van der Waals surface area contributed by atoms with E-state index in [0.29, 0.717) is 37.6 Å². The second kappa shape index (κ2) is 9.27. The normalized spacial score (nSPS) is 21.3. The Bertz CT molecular complexity index is 774. The molecule has 1 aromatic carbocycles. The standard InChI is InChI=1S/C22H31F3N4O/c1-3-19(30)29-12-9-18(14-29)28-20(26-4-2)27-15-21(10-6-11-21)16-7-5-8-17(13-16)22(23,24)25/h5,7-8,13,18H,3-4,6,9-12,14-15H2,1-2H3,(H2,26,27,28). The van der Waals surface area contributed by atoms with Crippen molar-refractivity contribution in [3.8, 4) is 0 Å². The molecular formula is C22H31F3N4O. The third kappa shape index (κ3) is 5.08. The number of amides is 1. The molecule has 2 N–H and O–H groups in total. The quantitative estimate of drug-likeness (QED) is 0.541. The molecule has 1 amide bonds. The first-order valence-electron chi connectivity index (χ1n) is 10.8. The van der Waals surface area contributed by atoms with Crippen LogP contribution in [0.25, 0.3) is 0 Å². The SMILES string of the molecule is CCNC(=NCC1(c2cccc(C(F)(F)F)c2)CCC1)NC1CCN(C(=O)CC)C1. The van der Waals surface area contributed by atoms with Crippen molar-refractivity contribution in [3.63, 3.8) is 0 Å². The van der Waals surface area contributed by atoms with E-state index in [1.54, 1.807) is 6.07 Å². The summed E-state index contributed by atoms with van der Waals surface area (Å²) in [6.45, 7) is 6.35. The molecule has 2 fully saturated rings. The van der Waals surface area contributed by atoms with Gasteiger partial charge >= 0.3 is 6.18 Å². The number of nitrogens with zero attached hydrogens (tertiary/aromatic N) is 2. The Morgan fingerprint density at radius 1 is 1.30 bits per heavy atom. The lowest BCUT2D eigenvalue weighted by atomic mass is 9.64. The van der Waals surface area contributed by atoms with Crippen LogP contribution < -0.4 is 10.6 Å². The number of nitrogens with one attached hydrogen (secondary N) is 2. The second-order valence-corrected chi connectivity index (χ2v) is 8.23. The number of benzene rings is 1. The zero-order valence-corrected chi connectivity index (χ0v) is 17.7. The minimum absolute atomic E-state index is 0.129. The number of carbonyl (C=O) groups is 1. The molecule has 1 atom stereocenters. The molecular weight excluding hydrogens is 393 g/mol. The third-order valence-corrected chi connectivity index (χ3v) is 6.18. The number of rotatable bonds is 6. The maximum Gasteiger partial charge on any atom is 0.416 e. The van der Waals surface area contributed by atoms with Crippen molar-refractivity contribution < 1.29 is 18.0 Å². The fraction of sp³-hybridized carbons (Fsp3) is 0.636. The summed E-state index contributed by atoms with van der Waals surface area (Å²) in [6, 6.07) is 5.80. The summed E-state index contributed by atoms with van der Waals surface area (Å²) in [5.41, 5.74) is -0.237. The first kappa shape index (κ1) is 22.4. The van der Waals surface area contributed by atoms with Gasteiger partial charge < -0.3 is 15.5 Å². The number of alkyl halides is 3. The zero-order chi connectivity index (χ0) is 21.8. The van der Waals surface area contributed by atoms with Crippen LogP contribution in [0.1, 0.15) is 57.1 Å². The second-order valence-electron chi connectivity index (χ2n) is 8.23. The van der Waals surface area contributed by atoms with Gasteiger partial charge in [0.2, 0.25) is 5.91 Å². The number of guanidine groups is 1. The Balaban J connectivity index is 1.71. The first-order valence-corrected chi connectivity index (χ1v) is 10.8. The van der Waals surface area contributed by atoms with Gasteiger partial charge in [0.1, 0.15) is 0 Å². The number of aliphatic imine (C=N–C) groups is 1. The van der Waals surface area contributed by atoms with E-state index >= 15 is 0 Å². The number of hydrogen-bond acceptors (Lipinski definition) is 2. The molecule has 1 aliphatic carbocycles. The summed E-state index contributed by atoms with van der Waals surface area (Å²) in [6.07, 6.45) is -0.328. The lowest BCUT2D eigenvalue weighted by Gasteiger charge is -2.41. The molecule has 0 radical (unpaired) electrons. The Labute approximate surface area is 176 Å². The summed E-state index contributed by atoms with van der Waals surface area (Å²) in [7, 11) is 0. The lowest BCUT2D eigenvalue weighted by Crippen LogP contribution is -2.46. The molecule has 0 bridgehead atoms. The number of likely N-dealkylation sites (tertiary alicyclic amines) is 1. The Kier molecular flexibility index (Phi) is 6.93. The van der Waals surface area contributed by atoms with Crippen LogP contribution in [-0.2, 0) is 16.4 Å². The van der Waals surface area contributed by atoms with Crippen molar-refractivity contribution in [1.82, 2.24) is 15.5 Å². The average molecular weight is 425 g/mol. The minimum atomic E-state index is -4.34. The van der Waals surface area contributed by atoms with Crippen LogP contribution in [0.15, 0.2) is 29.3 Å². The van der Waals surface area contributed by atoms with Crippen LogP contribution >= 0.6 is 0 Å². The fourth-order valence-electron chi connectivity index (χ4n) is 4.24. The maximum atomic E-state index is 13.2. The highest BCUT2D eigenvalue weighted by atomic mass is 19.4. The van der Waals surface area contributed by atoms with Gasteiger partial charge in [0, 0.05) is 37.5 Å². The zero-order valence-electron chi connectivity index (χ0n) is 17.7. The third-order valence-electron chi connectivity index (χ3n) is 6.18. The van der Waals surface area contributed by atoms with E-state index in [1.807, 2.05) is 18.7 Å². The molecule has 1 unspecified atom stereocenters. The van der Waals surface area contributed by atoms with Crippen LogP contribution in [0.4, 0.5) is 13.2 Å². The van der Waals surface area contributed by atoms with Gasteiger partial charge in [-0.25, -0.2) is 0 Å². The van der Waals surface area contributed by atoms with E-state index in [2.05, 4.69) is 10.6 Å². The molecule has 1 saturated carbocycles. The summed E-state index contributed by atoms with van der Waals surface area (Å²) < 4.78 is 39.5. The van der Waals surface area contributed by atoms with Crippen LogP contribution in [0.5, 0.6) is 0 Å². The van der Waals surface area contributed by atoms with Gasteiger partial charge in [-0.1, -0.05) is 31.5 Å². The van der Waals surface area contributed by atoms with Crippen LogP contribution in [0, 0.1) is 0 Å². The van der Waals surface area contributed by atoms with Crippen LogP contribution in [-0.4, -0.2) is 49.0 Å². The van der Waals surface area contributed by atoms with Gasteiger partial charge in [0.25, 0.3) is 0 Å². The van der Waals surface area contributed by atoms with E-state index in [-0.39, 0.29) is 17.4 Å². The monoisotopic (exact) mass is 424 g/mol. The summed E-state index contributed by atoms with van der Waals surface area (Å²) in [5.74, 6) is 0.811. The molecule has 5 nitrogen and oxygen atoms in total. The van der Waals surface area contributed by atoms with Crippen molar-refractivity contribution in [2.75, 3.05) is 26.2 Å². The van der Waals surface area contributed by atoms with Crippen molar-refractivity contribution in [2.45, 2.75) is 63.6 Å². The molecule has 3 rings (SSSR count). The predicted molar refractivity (Wildman–Crippen MR) is 111 cm³/mol. The first-order chi connectivity index (χ1) is 14.3. The number of hydrogen-bond donors (Lipinski definition) is 2. The molecule has 1 saturated heterocycles. The summed E-state index contributed by atoms with van der Waals surface area (Å²) >= 11 is 0. The van der Waals surface area contributed by atoms with Crippen molar-refractivity contribution >= 4 is 11.9 Å². The average Bonchev–Trinajstić information content (AvgIpc) is 3.15. The molecule has 0 aromatic heterocycles. The van der Waals surface area contributed by atoms with Crippen LogP contribution in [0.2, 0.25) is 0 Å². The van der Waals surface area contributed by atoms with Crippen LogP contribution in [0.3, 0.4) is 0 Å². The molecule has 1 heterocycles. The maximum absolute atomic E-state index is 13.2. The summed E-state index contributed by atoms with van der Waals surface area (Å²) in [5, 5.41) is 6.63. The van der Waals surface area contributed by atoms with E-state index in [0.717, 1.165) is 38.3 Å². The van der Waals surface area contributed by atoms with Gasteiger partial charge in [-0.05, 0) is 37.8 Å². The molecule has 8 heteroatoms. The van der Waals surface area contributed by atoms with Gasteiger partial charge in [0.05, 0.1) is 12.1 Å². The van der Waals surface area contributed by atoms with E-state index in [9.17, 15) is 18.0 Å². The summed E-state index contributed by atoms with van der Waals surface area (Å²) in [4.78, 5) is 18.5. The number of halogens is 3. The van der Waals surface area contributed by atoms with Gasteiger partial charge in [-0.3, -0.25) is 9.79 Å². The molecule has 30 heavy (non-hydrogen) atoms. The predicted octanol–water partition coefficient (Wildman–Crippen LogP) is 3.69. The molecule has 166 valence electrons. The smallest absolute Gasteiger partial charge is 0.357 e. The lowest BCUT2D eigenvalue weighted by molar-refractivity contribution is -0.137. The van der Waals surface area contributed by atoms with E-state index in [1.165, 1.54) is 12.1 Å². The molecule has 1 aliphatic heterocycles. The topological polar surface area (TPSA) is 56.7 Å². The van der Waals surface area contributed by atoms with Crippen molar-refractivity contribution in [1.29, 1.82) is 0 Å². The van der Waals surface area contributed by atoms with Crippen molar-refractivity contribution in [2.24, 2.45) is 4.99 Å². The van der Waals surface area contributed by atoms with Gasteiger partial charge in [0.15, 0.2) is 5.96 Å². The Morgan fingerprint density at radius 3 is 2.67 bits per heavy atom. The van der Waals surface area contributed by atoms with Gasteiger partial charge in [-0.15, -0.1) is 0 Å².